The smallest absolute Gasteiger partial charge is 0.125 e. The molecule has 1 aromatic carbocycles. The van der Waals surface area contributed by atoms with E-state index in [-0.39, 0.29) is 0 Å². The largest absolute Gasteiger partial charge is 0.384 e. The average molecular weight is 176 g/mol. The highest BCUT2D eigenvalue weighted by atomic mass is 14.8. The van der Waals surface area contributed by atoms with Gasteiger partial charge in [0.1, 0.15) is 5.84 Å². The van der Waals surface area contributed by atoms with Gasteiger partial charge in [0, 0.05) is 12.1 Å². The molecule has 1 rings (SSSR count). The fraction of sp³-hybridized carbons (Fsp3) is 0.364. The lowest BCUT2D eigenvalue weighted by atomic mass is 10.1. The highest BCUT2D eigenvalue weighted by Gasteiger charge is 1.96. The zero-order valence-corrected chi connectivity index (χ0v) is 8.25. The molecule has 0 fully saturated rings. The minimum Gasteiger partial charge on any atom is -0.384 e. The molecular formula is C11H16N2. The van der Waals surface area contributed by atoms with Gasteiger partial charge < -0.3 is 5.73 Å². The highest BCUT2D eigenvalue weighted by Crippen LogP contribution is 2.04. The van der Waals surface area contributed by atoms with Gasteiger partial charge in [0.15, 0.2) is 0 Å². The van der Waals surface area contributed by atoms with Crippen molar-refractivity contribution in [1.29, 1.82) is 0 Å². The van der Waals surface area contributed by atoms with Gasteiger partial charge in [-0.15, -0.1) is 0 Å². The van der Waals surface area contributed by atoms with Gasteiger partial charge in [-0.2, -0.15) is 0 Å². The molecular weight excluding hydrogens is 160 g/mol. The first-order valence-corrected chi connectivity index (χ1v) is 4.67. The third kappa shape index (κ3) is 2.58. The number of nitrogens with zero attached hydrogens (tertiary/aromatic N) is 1. The van der Waals surface area contributed by atoms with E-state index >= 15 is 0 Å². The van der Waals surface area contributed by atoms with Gasteiger partial charge in [0.2, 0.25) is 0 Å². The molecule has 0 radical (unpaired) electrons. The Morgan fingerprint density at radius 3 is 2.31 bits per heavy atom. The van der Waals surface area contributed by atoms with E-state index in [4.69, 9.17) is 5.73 Å². The Balaban J connectivity index is 2.85. The molecule has 0 aromatic heterocycles. The summed E-state index contributed by atoms with van der Waals surface area (Å²) in [4.78, 5) is 4.14. The Hall–Kier alpha value is -1.31. The fourth-order valence-electron chi connectivity index (χ4n) is 1.17. The van der Waals surface area contributed by atoms with Crippen molar-refractivity contribution in [3.05, 3.63) is 35.4 Å². The molecule has 2 heteroatoms. The average Bonchev–Trinajstić information content (AvgIpc) is 2.18. The van der Waals surface area contributed by atoms with Gasteiger partial charge in [0.25, 0.3) is 0 Å². The third-order valence-electron chi connectivity index (χ3n) is 1.99. The van der Waals surface area contributed by atoms with Gasteiger partial charge in [-0.05, 0) is 18.9 Å². The second-order valence-corrected chi connectivity index (χ2v) is 2.91. The molecule has 2 nitrogen and oxygen atoms in total. The van der Waals surface area contributed by atoms with Crippen molar-refractivity contribution in [3.8, 4) is 0 Å². The van der Waals surface area contributed by atoms with Crippen LogP contribution in [0.3, 0.4) is 0 Å². The van der Waals surface area contributed by atoms with Crippen molar-refractivity contribution in [2.45, 2.75) is 20.3 Å². The lowest BCUT2D eigenvalue weighted by Gasteiger charge is -2.01. The standard InChI is InChI=1S/C11H16N2/c1-3-9-5-7-10(8-6-9)11(12)13-4-2/h5-8H,3-4H2,1-2H3,(H2,12,13). The highest BCUT2D eigenvalue weighted by molar-refractivity contribution is 5.97. The van der Waals surface area contributed by atoms with E-state index in [9.17, 15) is 0 Å². The van der Waals surface area contributed by atoms with Gasteiger partial charge in [-0.3, -0.25) is 4.99 Å². The Morgan fingerprint density at radius 1 is 1.23 bits per heavy atom. The molecule has 0 saturated heterocycles. The molecule has 70 valence electrons. The van der Waals surface area contributed by atoms with E-state index in [0.717, 1.165) is 18.5 Å². The number of benzene rings is 1. The summed E-state index contributed by atoms with van der Waals surface area (Å²) in [5, 5.41) is 0. The molecule has 0 saturated carbocycles. The third-order valence-corrected chi connectivity index (χ3v) is 1.99. The minimum atomic E-state index is 0.630. The topological polar surface area (TPSA) is 38.4 Å². The molecule has 0 spiro atoms. The first-order chi connectivity index (χ1) is 6.27. The quantitative estimate of drug-likeness (QED) is 0.555. The van der Waals surface area contributed by atoms with Crippen LogP contribution in [-0.4, -0.2) is 12.4 Å². The molecule has 0 unspecified atom stereocenters. The number of rotatable bonds is 3. The number of hydrogen-bond donors (Lipinski definition) is 1. The lowest BCUT2D eigenvalue weighted by Crippen LogP contribution is -2.13. The molecule has 0 bridgehead atoms. The molecule has 0 amide bonds. The molecule has 1 aromatic rings. The summed E-state index contributed by atoms with van der Waals surface area (Å²) in [6.07, 6.45) is 1.06. The van der Waals surface area contributed by atoms with Crippen molar-refractivity contribution in [3.63, 3.8) is 0 Å². The van der Waals surface area contributed by atoms with Crippen LogP contribution in [0.15, 0.2) is 29.3 Å². The summed E-state index contributed by atoms with van der Waals surface area (Å²) < 4.78 is 0. The summed E-state index contributed by atoms with van der Waals surface area (Å²) >= 11 is 0. The van der Waals surface area contributed by atoms with Crippen LogP contribution in [0.1, 0.15) is 25.0 Å². The van der Waals surface area contributed by atoms with E-state index in [1.165, 1.54) is 5.56 Å². The SMILES string of the molecule is CCN=C(N)c1ccc(CC)cc1. The van der Waals surface area contributed by atoms with Crippen molar-refractivity contribution in [2.24, 2.45) is 10.7 Å². The molecule has 0 aliphatic heterocycles. The van der Waals surface area contributed by atoms with Crippen LogP contribution in [0.25, 0.3) is 0 Å². The first kappa shape index (κ1) is 9.78. The predicted molar refractivity (Wildman–Crippen MR) is 57.1 cm³/mol. The number of aliphatic imine (C=N–C) groups is 1. The van der Waals surface area contributed by atoms with E-state index < -0.39 is 0 Å². The van der Waals surface area contributed by atoms with Crippen molar-refractivity contribution in [1.82, 2.24) is 0 Å². The zero-order valence-electron chi connectivity index (χ0n) is 8.25. The van der Waals surface area contributed by atoms with E-state index in [1.807, 2.05) is 19.1 Å². The van der Waals surface area contributed by atoms with Crippen LogP contribution in [0.2, 0.25) is 0 Å². The van der Waals surface area contributed by atoms with Crippen molar-refractivity contribution < 1.29 is 0 Å². The lowest BCUT2D eigenvalue weighted by molar-refractivity contribution is 1.12. The second-order valence-electron chi connectivity index (χ2n) is 2.91. The maximum atomic E-state index is 5.75. The maximum absolute atomic E-state index is 5.75. The Kier molecular flexibility index (Phi) is 3.50. The fourth-order valence-corrected chi connectivity index (χ4v) is 1.17. The number of nitrogens with two attached hydrogens (primary N) is 1. The van der Waals surface area contributed by atoms with Gasteiger partial charge in [-0.1, -0.05) is 31.2 Å². The van der Waals surface area contributed by atoms with Gasteiger partial charge in [-0.25, -0.2) is 0 Å². The van der Waals surface area contributed by atoms with Crippen molar-refractivity contribution in [2.75, 3.05) is 6.54 Å². The normalized spacial score (nSPS) is 11.7. The van der Waals surface area contributed by atoms with Crippen LogP contribution in [0.5, 0.6) is 0 Å². The Labute approximate surface area is 79.5 Å². The monoisotopic (exact) mass is 176 g/mol. The number of amidine groups is 1. The van der Waals surface area contributed by atoms with E-state index in [2.05, 4.69) is 24.0 Å². The zero-order chi connectivity index (χ0) is 9.68. The second kappa shape index (κ2) is 4.65. The molecule has 0 atom stereocenters. The minimum absolute atomic E-state index is 0.630. The Bertz CT molecular complexity index is 285. The first-order valence-electron chi connectivity index (χ1n) is 4.67. The van der Waals surface area contributed by atoms with Gasteiger partial charge >= 0.3 is 0 Å². The van der Waals surface area contributed by atoms with Crippen LogP contribution in [0, 0.1) is 0 Å². The molecule has 0 aliphatic rings. The number of aryl methyl sites for hydroxylation is 1. The van der Waals surface area contributed by atoms with Crippen LogP contribution < -0.4 is 5.73 Å². The van der Waals surface area contributed by atoms with E-state index in [0.29, 0.717) is 5.84 Å². The summed E-state index contributed by atoms with van der Waals surface area (Å²) in [6, 6.07) is 8.22. The predicted octanol–water partition coefficient (Wildman–Crippen LogP) is 1.97. The van der Waals surface area contributed by atoms with Crippen LogP contribution in [-0.2, 0) is 6.42 Å². The van der Waals surface area contributed by atoms with Crippen LogP contribution >= 0.6 is 0 Å². The summed E-state index contributed by atoms with van der Waals surface area (Å²) in [6.45, 7) is 4.85. The summed E-state index contributed by atoms with van der Waals surface area (Å²) in [5.41, 5.74) is 8.09. The summed E-state index contributed by atoms with van der Waals surface area (Å²) in [7, 11) is 0. The van der Waals surface area contributed by atoms with Gasteiger partial charge in [0.05, 0.1) is 0 Å². The molecule has 0 heterocycles. The van der Waals surface area contributed by atoms with Crippen molar-refractivity contribution >= 4 is 5.84 Å². The summed E-state index contributed by atoms with van der Waals surface area (Å²) in [5.74, 6) is 0.630. The molecule has 2 N–H and O–H groups in total. The molecule has 0 aliphatic carbocycles. The maximum Gasteiger partial charge on any atom is 0.125 e. The Morgan fingerprint density at radius 2 is 1.85 bits per heavy atom. The van der Waals surface area contributed by atoms with E-state index in [1.54, 1.807) is 0 Å². The molecule has 13 heavy (non-hydrogen) atoms. The van der Waals surface area contributed by atoms with Crippen LogP contribution in [0.4, 0.5) is 0 Å². The number of hydrogen-bond acceptors (Lipinski definition) is 1.